The van der Waals surface area contributed by atoms with E-state index in [9.17, 15) is 0 Å². The molecule has 1 aliphatic carbocycles. The summed E-state index contributed by atoms with van der Waals surface area (Å²) in [5.41, 5.74) is 5.09. The van der Waals surface area contributed by atoms with Crippen LogP contribution in [0.1, 0.15) is 62.1 Å². The first kappa shape index (κ1) is 19.0. The number of likely N-dealkylation sites (tertiary alicyclic amines) is 1. The largest absolute Gasteiger partial charge is 0.493 e. The van der Waals surface area contributed by atoms with Crippen molar-refractivity contribution >= 4 is 16.6 Å². The predicted octanol–water partition coefficient (Wildman–Crippen LogP) is 4.73. The van der Waals surface area contributed by atoms with Crippen LogP contribution in [-0.2, 0) is 6.42 Å². The van der Waals surface area contributed by atoms with Crippen molar-refractivity contribution in [1.29, 1.82) is 0 Å². The molecule has 0 amide bonds. The highest BCUT2D eigenvalue weighted by atomic mass is 16.5. The van der Waals surface area contributed by atoms with Crippen molar-refractivity contribution in [3.8, 4) is 11.5 Å². The number of fused-ring (bicyclic) bond motifs is 3. The van der Waals surface area contributed by atoms with Gasteiger partial charge in [0, 0.05) is 41.8 Å². The number of anilines is 1. The Morgan fingerprint density at radius 2 is 1.97 bits per heavy atom. The van der Waals surface area contributed by atoms with E-state index in [1.165, 1.54) is 73.9 Å². The molecule has 1 N–H and O–H groups in total. The van der Waals surface area contributed by atoms with E-state index in [0.29, 0.717) is 5.92 Å². The van der Waals surface area contributed by atoms with Crippen LogP contribution in [-0.4, -0.2) is 49.8 Å². The second-order valence-corrected chi connectivity index (χ2v) is 8.78. The molecule has 0 unspecified atom stereocenters. The minimum atomic E-state index is 0.653. The maximum Gasteiger partial charge on any atom is 0.163 e. The Morgan fingerprint density at radius 3 is 2.76 bits per heavy atom. The Kier molecular flexibility index (Phi) is 5.49. The SMILES string of the molecule is COc1cc2c3c(c(C4CC4)nc2cc1OCCCN1CCCC1)CCCCN3. The molecular weight excluding hydrogens is 362 g/mol. The van der Waals surface area contributed by atoms with Gasteiger partial charge in [-0.2, -0.15) is 0 Å². The van der Waals surface area contributed by atoms with Gasteiger partial charge in [-0.25, -0.2) is 0 Å². The van der Waals surface area contributed by atoms with Crippen LogP contribution in [0.4, 0.5) is 5.69 Å². The molecule has 5 nitrogen and oxygen atoms in total. The number of nitrogens with one attached hydrogen (secondary N) is 1. The first-order chi connectivity index (χ1) is 14.3. The number of methoxy groups -OCH3 is 1. The Hall–Kier alpha value is -2.01. The average molecular weight is 396 g/mol. The van der Waals surface area contributed by atoms with Crippen molar-refractivity contribution in [3.63, 3.8) is 0 Å². The Bertz CT molecular complexity index is 872. The van der Waals surface area contributed by atoms with E-state index in [2.05, 4.69) is 22.3 Å². The van der Waals surface area contributed by atoms with Gasteiger partial charge in [-0.3, -0.25) is 4.98 Å². The van der Waals surface area contributed by atoms with Crippen molar-refractivity contribution in [1.82, 2.24) is 9.88 Å². The smallest absolute Gasteiger partial charge is 0.163 e. The van der Waals surface area contributed by atoms with Crippen LogP contribution in [0.15, 0.2) is 12.1 Å². The molecule has 0 bridgehead atoms. The lowest BCUT2D eigenvalue weighted by atomic mass is 9.99. The molecule has 3 heterocycles. The molecule has 1 saturated carbocycles. The van der Waals surface area contributed by atoms with Gasteiger partial charge in [0.05, 0.1) is 19.2 Å². The first-order valence-electron chi connectivity index (χ1n) is 11.5. The summed E-state index contributed by atoms with van der Waals surface area (Å²) < 4.78 is 11.9. The second-order valence-electron chi connectivity index (χ2n) is 8.78. The van der Waals surface area contributed by atoms with Gasteiger partial charge in [0.15, 0.2) is 11.5 Å². The van der Waals surface area contributed by atoms with Gasteiger partial charge < -0.3 is 19.7 Å². The maximum absolute atomic E-state index is 6.17. The molecule has 3 aliphatic rings. The lowest BCUT2D eigenvalue weighted by Gasteiger charge is -2.19. The maximum atomic E-state index is 6.17. The fourth-order valence-electron chi connectivity index (χ4n) is 4.87. The monoisotopic (exact) mass is 395 g/mol. The highest BCUT2D eigenvalue weighted by Crippen LogP contribution is 2.46. The summed E-state index contributed by atoms with van der Waals surface area (Å²) in [6, 6.07) is 4.23. The fourth-order valence-corrected chi connectivity index (χ4v) is 4.87. The Morgan fingerprint density at radius 1 is 1.10 bits per heavy atom. The molecular formula is C24H33N3O2. The zero-order chi connectivity index (χ0) is 19.6. The molecule has 0 spiro atoms. The van der Waals surface area contributed by atoms with E-state index in [-0.39, 0.29) is 0 Å². The van der Waals surface area contributed by atoms with Gasteiger partial charge in [0.25, 0.3) is 0 Å². The van der Waals surface area contributed by atoms with Crippen LogP contribution in [0.25, 0.3) is 10.9 Å². The van der Waals surface area contributed by atoms with Crippen molar-refractivity contribution < 1.29 is 9.47 Å². The number of pyridine rings is 1. The van der Waals surface area contributed by atoms with Gasteiger partial charge in [0.1, 0.15) is 0 Å². The number of hydrogen-bond donors (Lipinski definition) is 1. The van der Waals surface area contributed by atoms with E-state index in [0.717, 1.165) is 49.6 Å². The molecule has 0 atom stereocenters. The Labute approximate surface area is 173 Å². The van der Waals surface area contributed by atoms with Gasteiger partial charge >= 0.3 is 0 Å². The third-order valence-corrected chi connectivity index (χ3v) is 6.60. The molecule has 2 aromatic rings. The van der Waals surface area contributed by atoms with E-state index in [4.69, 9.17) is 14.5 Å². The van der Waals surface area contributed by atoms with Crippen LogP contribution < -0.4 is 14.8 Å². The van der Waals surface area contributed by atoms with Gasteiger partial charge in [-0.05, 0) is 76.1 Å². The minimum absolute atomic E-state index is 0.653. The number of hydrogen-bond acceptors (Lipinski definition) is 5. The topological polar surface area (TPSA) is 46.6 Å². The molecule has 2 aliphatic heterocycles. The quantitative estimate of drug-likeness (QED) is 0.687. The predicted molar refractivity (Wildman–Crippen MR) is 117 cm³/mol. The van der Waals surface area contributed by atoms with Crippen molar-refractivity contribution in [2.75, 3.05) is 45.2 Å². The lowest BCUT2D eigenvalue weighted by Crippen LogP contribution is -2.21. The molecule has 2 fully saturated rings. The summed E-state index contributed by atoms with van der Waals surface area (Å²) in [5, 5.41) is 4.88. The zero-order valence-electron chi connectivity index (χ0n) is 17.6. The molecule has 29 heavy (non-hydrogen) atoms. The third-order valence-electron chi connectivity index (χ3n) is 6.60. The number of aromatic nitrogens is 1. The number of ether oxygens (including phenoxy) is 2. The first-order valence-corrected chi connectivity index (χ1v) is 11.5. The fraction of sp³-hybridized carbons (Fsp3) is 0.625. The lowest BCUT2D eigenvalue weighted by molar-refractivity contribution is 0.254. The van der Waals surface area contributed by atoms with E-state index in [1.54, 1.807) is 7.11 Å². The zero-order valence-corrected chi connectivity index (χ0v) is 17.6. The van der Waals surface area contributed by atoms with Crippen molar-refractivity contribution in [2.24, 2.45) is 0 Å². The number of benzene rings is 1. The minimum Gasteiger partial charge on any atom is -0.493 e. The summed E-state index contributed by atoms with van der Waals surface area (Å²) >= 11 is 0. The molecule has 1 aromatic heterocycles. The third kappa shape index (κ3) is 4.02. The summed E-state index contributed by atoms with van der Waals surface area (Å²) in [4.78, 5) is 7.67. The summed E-state index contributed by atoms with van der Waals surface area (Å²) in [6.45, 7) is 5.36. The van der Waals surface area contributed by atoms with Gasteiger partial charge in [-0.1, -0.05) is 0 Å². The average Bonchev–Trinajstić information content (AvgIpc) is 3.51. The van der Waals surface area contributed by atoms with Crippen LogP contribution in [0.2, 0.25) is 0 Å². The molecule has 5 rings (SSSR count). The highest BCUT2D eigenvalue weighted by molar-refractivity contribution is 5.96. The normalized spacial score (nSPS) is 19.6. The van der Waals surface area contributed by atoms with Crippen LogP contribution in [0.3, 0.4) is 0 Å². The molecule has 1 aromatic carbocycles. The molecule has 156 valence electrons. The molecule has 1 saturated heterocycles. The number of nitrogens with zero attached hydrogens (tertiary/aromatic N) is 2. The number of rotatable bonds is 7. The molecule has 5 heteroatoms. The van der Waals surface area contributed by atoms with Crippen LogP contribution in [0, 0.1) is 0 Å². The van der Waals surface area contributed by atoms with E-state index >= 15 is 0 Å². The molecule has 0 radical (unpaired) electrons. The van der Waals surface area contributed by atoms with Gasteiger partial charge in [0.2, 0.25) is 0 Å². The Balaban J connectivity index is 1.42. The van der Waals surface area contributed by atoms with Crippen molar-refractivity contribution in [3.05, 3.63) is 23.4 Å². The van der Waals surface area contributed by atoms with E-state index in [1.807, 2.05) is 0 Å². The standard InChI is InChI=1S/C24H33N3O2/c1-28-21-15-19-20(16-22(21)29-14-6-13-27-11-4-5-12-27)26-23(17-8-9-17)18-7-2-3-10-25-24(18)19/h15-17,25H,2-14H2,1H3. The highest BCUT2D eigenvalue weighted by Gasteiger charge is 2.30. The summed E-state index contributed by atoms with van der Waals surface area (Å²) in [7, 11) is 1.73. The van der Waals surface area contributed by atoms with Gasteiger partial charge in [-0.15, -0.1) is 0 Å². The van der Waals surface area contributed by atoms with Crippen LogP contribution >= 0.6 is 0 Å². The van der Waals surface area contributed by atoms with E-state index < -0.39 is 0 Å². The summed E-state index contributed by atoms with van der Waals surface area (Å²) in [5.74, 6) is 2.29. The van der Waals surface area contributed by atoms with Crippen LogP contribution in [0.5, 0.6) is 11.5 Å². The van der Waals surface area contributed by atoms with Crippen molar-refractivity contribution in [2.45, 2.75) is 57.3 Å². The second kappa shape index (κ2) is 8.39. The summed E-state index contributed by atoms with van der Waals surface area (Å²) in [6.07, 6.45) is 9.88.